The number of allylic oxidation sites excluding steroid dienone is 4. The molecule has 0 radical (unpaired) electrons. The van der Waals surface area contributed by atoms with E-state index >= 15 is 0 Å². The molecule has 8 heteroatoms. The Morgan fingerprint density at radius 1 is 0.536 bits per heavy atom. The number of aliphatic carboxylic acids is 1. The third kappa shape index (κ3) is 37.4. The van der Waals surface area contributed by atoms with Crippen molar-refractivity contribution < 1.29 is 38.2 Å². The predicted molar refractivity (Wildman–Crippen MR) is 234 cm³/mol. The molecule has 0 heterocycles. The Kier molecular flexibility index (Phi) is 38.1. The molecule has 0 amide bonds. The van der Waals surface area contributed by atoms with Crippen molar-refractivity contribution in [1.29, 1.82) is 0 Å². The van der Waals surface area contributed by atoms with Crippen molar-refractivity contribution in [3.8, 4) is 0 Å². The van der Waals surface area contributed by atoms with E-state index in [1.807, 2.05) is 21.1 Å². The van der Waals surface area contributed by atoms with Crippen LogP contribution in [-0.4, -0.2) is 80.6 Å². The number of quaternary nitrogens is 1. The second-order valence-corrected chi connectivity index (χ2v) is 17.0. The van der Waals surface area contributed by atoms with Gasteiger partial charge in [0.2, 0.25) is 0 Å². The summed E-state index contributed by atoms with van der Waals surface area (Å²) in [6.07, 6.45) is 43.5. The zero-order valence-corrected chi connectivity index (χ0v) is 37.3. The van der Waals surface area contributed by atoms with Crippen LogP contribution in [0.2, 0.25) is 0 Å². The molecule has 2 atom stereocenters. The molecule has 8 nitrogen and oxygen atoms in total. The first kappa shape index (κ1) is 53.8. The van der Waals surface area contributed by atoms with Crippen LogP contribution in [0.5, 0.6) is 0 Å². The molecule has 1 N–H and O–H groups in total. The van der Waals surface area contributed by atoms with Crippen molar-refractivity contribution in [2.24, 2.45) is 0 Å². The van der Waals surface area contributed by atoms with E-state index < -0.39 is 18.1 Å². The smallest absolute Gasteiger partial charge is 0.362 e. The monoisotopic (exact) mass is 793 g/mol. The average Bonchev–Trinajstić information content (AvgIpc) is 3.15. The number of carboxylic acids is 1. The molecule has 0 spiro atoms. The summed E-state index contributed by atoms with van der Waals surface area (Å²) in [5.74, 6) is -1.46. The molecule has 0 saturated heterocycles. The fourth-order valence-corrected chi connectivity index (χ4v) is 6.97. The van der Waals surface area contributed by atoms with Gasteiger partial charge in [0.05, 0.1) is 34.4 Å². The van der Waals surface area contributed by atoms with E-state index in [2.05, 4.69) is 38.2 Å². The first-order valence-electron chi connectivity index (χ1n) is 23.4. The Labute approximate surface area is 345 Å². The van der Waals surface area contributed by atoms with Gasteiger partial charge in [-0.25, -0.2) is 4.79 Å². The first-order chi connectivity index (χ1) is 27.1. The van der Waals surface area contributed by atoms with Gasteiger partial charge in [-0.2, -0.15) is 0 Å². The molecular formula is C48H90NO7+. The highest BCUT2D eigenvalue weighted by Gasteiger charge is 2.31. The van der Waals surface area contributed by atoms with Crippen LogP contribution in [0.1, 0.15) is 213 Å². The standard InChI is InChI=1S/C48H89NO7/c1-6-8-10-12-14-16-18-20-21-22-23-24-25-27-29-31-33-35-37-39-47(51)56-44(42-54-41-40-45(48(52)53)49(3,4)5)43-55-46(50)38-36-34-32-30-28-26-19-17-15-13-11-9-7-2/h14,16,18,20,44-45H,6-13,15,17,19,21-43H2,1-5H3/p+1/b16-14+,20-18+. The minimum atomic E-state index is -0.873. The number of esters is 2. The SMILES string of the molecule is CCCCC/C=C/C=C/CCCCCCCCCCCCC(=O)OC(COCCC(C(=O)O)[N+](C)(C)C)COC(=O)CCCCCCCCCCCCCCC. The summed E-state index contributed by atoms with van der Waals surface area (Å²) in [4.78, 5) is 37.0. The number of rotatable bonds is 42. The molecule has 56 heavy (non-hydrogen) atoms. The van der Waals surface area contributed by atoms with E-state index in [9.17, 15) is 19.5 Å². The Hall–Kier alpha value is -2.19. The van der Waals surface area contributed by atoms with E-state index in [1.165, 1.54) is 141 Å². The first-order valence-corrected chi connectivity index (χ1v) is 23.4. The number of carbonyl (C=O) groups is 3. The molecule has 0 aliphatic rings. The number of carboxylic acid groups (broad SMARTS) is 1. The fourth-order valence-electron chi connectivity index (χ4n) is 6.97. The quantitative estimate of drug-likeness (QED) is 0.0284. The number of likely N-dealkylation sites (N-methyl/N-ethyl adjacent to an activating group) is 1. The van der Waals surface area contributed by atoms with Crippen molar-refractivity contribution in [2.75, 3.05) is 41.0 Å². The van der Waals surface area contributed by atoms with E-state index in [0.717, 1.165) is 38.5 Å². The van der Waals surface area contributed by atoms with Crippen molar-refractivity contribution in [3.05, 3.63) is 24.3 Å². The zero-order valence-electron chi connectivity index (χ0n) is 37.3. The number of nitrogens with zero attached hydrogens (tertiary/aromatic N) is 1. The van der Waals surface area contributed by atoms with Gasteiger partial charge in [0, 0.05) is 19.3 Å². The van der Waals surface area contributed by atoms with Crippen molar-refractivity contribution in [2.45, 2.75) is 225 Å². The third-order valence-corrected chi connectivity index (χ3v) is 10.6. The number of hydrogen-bond acceptors (Lipinski definition) is 6. The summed E-state index contributed by atoms with van der Waals surface area (Å²) in [5.41, 5.74) is 0. The maximum Gasteiger partial charge on any atom is 0.362 e. The molecule has 0 saturated carbocycles. The summed E-state index contributed by atoms with van der Waals surface area (Å²) in [6.45, 7) is 4.73. The average molecular weight is 793 g/mol. The fraction of sp³-hybridized carbons (Fsp3) is 0.854. The van der Waals surface area contributed by atoms with Gasteiger partial charge in [0.15, 0.2) is 12.1 Å². The third-order valence-electron chi connectivity index (χ3n) is 10.6. The lowest BCUT2D eigenvalue weighted by Crippen LogP contribution is -2.50. The lowest BCUT2D eigenvalue weighted by atomic mass is 10.0. The van der Waals surface area contributed by atoms with E-state index in [0.29, 0.717) is 19.3 Å². The van der Waals surface area contributed by atoms with Crippen LogP contribution in [-0.2, 0) is 28.6 Å². The second-order valence-electron chi connectivity index (χ2n) is 17.0. The molecule has 2 unspecified atom stereocenters. The van der Waals surface area contributed by atoms with Crippen molar-refractivity contribution >= 4 is 17.9 Å². The van der Waals surface area contributed by atoms with Crippen molar-refractivity contribution in [3.63, 3.8) is 0 Å². The summed E-state index contributed by atoms with van der Waals surface area (Å²) >= 11 is 0. The van der Waals surface area contributed by atoms with Gasteiger partial charge in [-0.15, -0.1) is 0 Å². The Bertz CT molecular complexity index is 973. The summed E-state index contributed by atoms with van der Waals surface area (Å²) in [6, 6.07) is -0.612. The maximum atomic E-state index is 12.7. The molecule has 0 aromatic rings. The Balaban J connectivity index is 4.28. The van der Waals surface area contributed by atoms with Crippen molar-refractivity contribution in [1.82, 2.24) is 0 Å². The van der Waals surface area contributed by atoms with Crippen LogP contribution in [0.15, 0.2) is 24.3 Å². The highest BCUT2D eigenvalue weighted by molar-refractivity contribution is 5.72. The minimum absolute atomic E-state index is 0.0477. The summed E-state index contributed by atoms with van der Waals surface area (Å²) < 4.78 is 17.3. The number of carbonyl (C=O) groups excluding carboxylic acids is 2. The zero-order chi connectivity index (χ0) is 41.4. The molecule has 0 aromatic heterocycles. The lowest BCUT2D eigenvalue weighted by molar-refractivity contribution is -0.887. The van der Waals surface area contributed by atoms with Crippen LogP contribution in [0.4, 0.5) is 0 Å². The van der Waals surface area contributed by atoms with Gasteiger partial charge in [-0.1, -0.05) is 179 Å². The van der Waals surface area contributed by atoms with Gasteiger partial charge in [0.1, 0.15) is 6.61 Å². The van der Waals surface area contributed by atoms with Gasteiger partial charge in [0.25, 0.3) is 0 Å². The molecule has 0 aliphatic carbocycles. The summed E-state index contributed by atoms with van der Waals surface area (Å²) in [5, 5.41) is 9.62. The van der Waals surface area contributed by atoms with Crippen LogP contribution in [0.25, 0.3) is 0 Å². The van der Waals surface area contributed by atoms with Crippen LogP contribution < -0.4 is 0 Å². The molecule has 328 valence electrons. The second kappa shape index (κ2) is 39.6. The van der Waals surface area contributed by atoms with Gasteiger partial charge >= 0.3 is 17.9 Å². The lowest BCUT2D eigenvalue weighted by Gasteiger charge is -2.31. The summed E-state index contributed by atoms with van der Waals surface area (Å²) in [7, 11) is 5.53. The molecule has 0 aliphatic heterocycles. The van der Waals surface area contributed by atoms with E-state index in [4.69, 9.17) is 14.2 Å². The van der Waals surface area contributed by atoms with Gasteiger partial charge in [-0.05, 0) is 38.5 Å². The highest BCUT2D eigenvalue weighted by Crippen LogP contribution is 2.15. The number of unbranched alkanes of at least 4 members (excludes halogenated alkanes) is 25. The Morgan fingerprint density at radius 2 is 0.929 bits per heavy atom. The van der Waals surface area contributed by atoms with Gasteiger partial charge in [-0.3, -0.25) is 9.59 Å². The topological polar surface area (TPSA) is 99.1 Å². The highest BCUT2D eigenvalue weighted by atomic mass is 16.6. The largest absolute Gasteiger partial charge is 0.477 e. The predicted octanol–water partition coefficient (Wildman–Crippen LogP) is 12.9. The Morgan fingerprint density at radius 3 is 1.38 bits per heavy atom. The van der Waals surface area contributed by atoms with E-state index in [1.54, 1.807) is 0 Å². The molecule has 0 fully saturated rings. The number of hydrogen-bond donors (Lipinski definition) is 1. The minimum Gasteiger partial charge on any atom is -0.477 e. The molecule has 0 rings (SSSR count). The molecule has 0 bridgehead atoms. The molecular weight excluding hydrogens is 703 g/mol. The maximum absolute atomic E-state index is 12.7. The number of ether oxygens (including phenoxy) is 3. The normalized spacial score (nSPS) is 13.1. The van der Waals surface area contributed by atoms with Crippen LogP contribution >= 0.6 is 0 Å². The van der Waals surface area contributed by atoms with E-state index in [-0.39, 0.29) is 36.2 Å². The van der Waals surface area contributed by atoms with Crippen LogP contribution in [0, 0.1) is 0 Å². The van der Waals surface area contributed by atoms with Gasteiger partial charge < -0.3 is 23.8 Å². The van der Waals surface area contributed by atoms with Crippen LogP contribution in [0.3, 0.4) is 0 Å². The molecule has 0 aromatic carbocycles.